The molecule has 40 heavy (non-hydrogen) atoms. The van der Waals surface area contributed by atoms with Gasteiger partial charge in [0.25, 0.3) is 0 Å². The summed E-state index contributed by atoms with van der Waals surface area (Å²) in [6.45, 7) is 0. The van der Waals surface area contributed by atoms with E-state index in [9.17, 15) is 0 Å². The van der Waals surface area contributed by atoms with Gasteiger partial charge in [0.2, 0.25) is 0 Å². The predicted molar refractivity (Wildman–Crippen MR) is 173 cm³/mol. The van der Waals surface area contributed by atoms with E-state index in [1.807, 2.05) is 0 Å². The van der Waals surface area contributed by atoms with Crippen molar-refractivity contribution in [1.82, 2.24) is 0 Å². The Labute approximate surface area is 233 Å². The molecule has 0 heterocycles. The average molecular weight is 507 g/mol. The van der Waals surface area contributed by atoms with E-state index in [1.54, 1.807) is 0 Å². The predicted octanol–water partition coefficient (Wildman–Crippen LogP) is 11.3. The SMILES string of the molecule is c1ccc(-c2cccc3c2ccc2ccccc23)c(-c2ccc3ccccc3c2-c2cccc3ccccc23)c1. The molecule has 8 aromatic rings. The van der Waals surface area contributed by atoms with E-state index in [4.69, 9.17) is 0 Å². The lowest BCUT2D eigenvalue weighted by Gasteiger charge is -2.19. The first-order valence-electron chi connectivity index (χ1n) is 13.9. The summed E-state index contributed by atoms with van der Waals surface area (Å²) in [7, 11) is 0. The Morgan fingerprint density at radius 2 is 0.675 bits per heavy atom. The standard InChI is InChI=1S/C40H26/c1-5-16-31-27(11-1)14-9-22-38(31)40-32-17-6-3-13-29(32)24-26-39(40)36-19-8-7-18-34(36)35-21-10-20-33-30-15-4-2-12-28(30)23-25-37(33)35/h1-26H. The second-order valence-corrected chi connectivity index (χ2v) is 10.5. The Morgan fingerprint density at radius 1 is 0.200 bits per heavy atom. The molecule has 0 heteroatoms. The quantitative estimate of drug-likeness (QED) is 0.209. The van der Waals surface area contributed by atoms with E-state index >= 15 is 0 Å². The van der Waals surface area contributed by atoms with Gasteiger partial charge in [-0.25, -0.2) is 0 Å². The third-order valence-corrected chi connectivity index (χ3v) is 8.28. The fourth-order valence-corrected chi connectivity index (χ4v) is 6.46. The normalized spacial score (nSPS) is 11.5. The summed E-state index contributed by atoms with van der Waals surface area (Å²) in [5, 5.41) is 10.2. The van der Waals surface area contributed by atoms with E-state index in [0.29, 0.717) is 0 Å². The summed E-state index contributed by atoms with van der Waals surface area (Å²) in [5.74, 6) is 0. The molecular weight excluding hydrogens is 480 g/mol. The molecule has 0 bridgehead atoms. The van der Waals surface area contributed by atoms with Crippen LogP contribution in [0.3, 0.4) is 0 Å². The third kappa shape index (κ3) is 3.54. The molecule has 0 aliphatic rings. The molecule has 0 spiro atoms. The highest BCUT2D eigenvalue weighted by molar-refractivity contribution is 6.15. The van der Waals surface area contributed by atoms with Crippen LogP contribution < -0.4 is 0 Å². The van der Waals surface area contributed by atoms with E-state index < -0.39 is 0 Å². The summed E-state index contributed by atoms with van der Waals surface area (Å²) in [6.07, 6.45) is 0. The van der Waals surface area contributed by atoms with E-state index in [2.05, 4.69) is 158 Å². The monoisotopic (exact) mass is 506 g/mol. The van der Waals surface area contributed by atoms with Gasteiger partial charge in [0.1, 0.15) is 0 Å². The van der Waals surface area contributed by atoms with E-state index in [1.165, 1.54) is 76.5 Å². The van der Waals surface area contributed by atoms with E-state index in [-0.39, 0.29) is 0 Å². The van der Waals surface area contributed by atoms with Crippen molar-refractivity contribution < 1.29 is 0 Å². The van der Waals surface area contributed by atoms with Crippen LogP contribution >= 0.6 is 0 Å². The van der Waals surface area contributed by atoms with Crippen molar-refractivity contribution in [1.29, 1.82) is 0 Å². The highest BCUT2D eigenvalue weighted by Crippen LogP contribution is 2.45. The molecule has 0 aliphatic heterocycles. The van der Waals surface area contributed by atoms with Gasteiger partial charge in [-0.1, -0.05) is 158 Å². The summed E-state index contributed by atoms with van der Waals surface area (Å²) < 4.78 is 0. The molecule has 186 valence electrons. The van der Waals surface area contributed by atoms with Gasteiger partial charge in [-0.15, -0.1) is 0 Å². The highest BCUT2D eigenvalue weighted by Gasteiger charge is 2.18. The van der Waals surface area contributed by atoms with Crippen LogP contribution in [0.5, 0.6) is 0 Å². The van der Waals surface area contributed by atoms with Gasteiger partial charge in [0.05, 0.1) is 0 Å². The Bertz CT molecular complexity index is 2210. The lowest BCUT2D eigenvalue weighted by atomic mass is 9.84. The summed E-state index contributed by atoms with van der Waals surface area (Å²) in [5.41, 5.74) is 7.56. The van der Waals surface area contributed by atoms with Gasteiger partial charge in [-0.3, -0.25) is 0 Å². The Kier molecular flexibility index (Phi) is 5.24. The topological polar surface area (TPSA) is 0 Å². The lowest BCUT2D eigenvalue weighted by Crippen LogP contribution is -1.92. The molecule has 0 amide bonds. The van der Waals surface area contributed by atoms with Gasteiger partial charge in [-0.05, 0) is 76.5 Å². The molecule has 0 N–H and O–H groups in total. The van der Waals surface area contributed by atoms with Crippen LogP contribution in [0.1, 0.15) is 0 Å². The molecule has 0 unspecified atom stereocenters. The smallest absolute Gasteiger partial charge is 0.00204 e. The van der Waals surface area contributed by atoms with Gasteiger partial charge in [-0.2, -0.15) is 0 Å². The van der Waals surface area contributed by atoms with Crippen molar-refractivity contribution in [2.45, 2.75) is 0 Å². The van der Waals surface area contributed by atoms with Crippen molar-refractivity contribution in [2.24, 2.45) is 0 Å². The fourth-order valence-electron chi connectivity index (χ4n) is 6.46. The lowest BCUT2D eigenvalue weighted by molar-refractivity contribution is 1.60. The Morgan fingerprint density at radius 3 is 1.48 bits per heavy atom. The fraction of sp³-hybridized carbons (Fsp3) is 0. The molecule has 0 saturated carbocycles. The van der Waals surface area contributed by atoms with Crippen LogP contribution in [0.15, 0.2) is 158 Å². The maximum absolute atomic E-state index is 2.32. The molecule has 0 fully saturated rings. The second kappa shape index (κ2) is 9.22. The van der Waals surface area contributed by atoms with Crippen LogP contribution in [0.4, 0.5) is 0 Å². The number of rotatable bonds is 3. The van der Waals surface area contributed by atoms with Crippen LogP contribution in [0.2, 0.25) is 0 Å². The molecule has 0 saturated heterocycles. The van der Waals surface area contributed by atoms with Crippen LogP contribution in [-0.2, 0) is 0 Å². The zero-order valence-electron chi connectivity index (χ0n) is 22.0. The Balaban J connectivity index is 1.46. The maximum Gasteiger partial charge on any atom is -0.00204 e. The molecule has 0 aliphatic carbocycles. The van der Waals surface area contributed by atoms with Crippen molar-refractivity contribution in [2.75, 3.05) is 0 Å². The van der Waals surface area contributed by atoms with Crippen molar-refractivity contribution >= 4 is 43.1 Å². The zero-order chi connectivity index (χ0) is 26.5. The molecule has 8 rings (SSSR count). The van der Waals surface area contributed by atoms with Crippen LogP contribution in [0.25, 0.3) is 76.5 Å². The van der Waals surface area contributed by atoms with Crippen molar-refractivity contribution in [3.63, 3.8) is 0 Å². The van der Waals surface area contributed by atoms with Crippen molar-refractivity contribution in [3.05, 3.63) is 158 Å². The minimum atomic E-state index is 1.25. The summed E-state index contributed by atoms with van der Waals surface area (Å²) in [4.78, 5) is 0. The number of fused-ring (bicyclic) bond motifs is 5. The minimum absolute atomic E-state index is 1.25. The van der Waals surface area contributed by atoms with Gasteiger partial charge >= 0.3 is 0 Å². The van der Waals surface area contributed by atoms with Crippen LogP contribution in [-0.4, -0.2) is 0 Å². The van der Waals surface area contributed by atoms with Crippen molar-refractivity contribution in [3.8, 4) is 33.4 Å². The summed E-state index contributed by atoms with van der Waals surface area (Å²) >= 11 is 0. The first-order valence-corrected chi connectivity index (χ1v) is 13.9. The van der Waals surface area contributed by atoms with Gasteiger partial charge in [0, 0.05) is 0 Å². The first kappa shape index (κ1) is 22.8. The largest absolute Gasteiger partial charge is 0.0616 e. The second-order valence-electron chi connectivity index (χ2n) is 10.5. The van der Waals surface area contributed by atoms with Gasteiger partial charge < -0.3 is 0 Å². The highest BCUT2D eigenvalue weighted by atomic mass is 14.2. The van der Waals surface area contributed by atoms with E-state index in [0.717, 1.165) is 0 Å². The molecule has 0 nitrogen and oxygen atoms in total. The Hall–Kier alpha value is -5.20. The zero-order valence-corrected chi connectivity index (χ0v) is 22.0. The maximum atomic E-state index is 2.32. The number of hydrogen-bond acceptors (Lipinski definition) is 0. The van der Waals surface area contributed by atoms with Crippen LogP contribution in [0, 0.1) is 0 Å². The average Bonchev–Trinajstić information content (AvgIpc) is 3.03. The third-order valence-electron chi connectivity index (χ3n) is 8.28. The van der Waals surface area contributed by atoms with Gasteiger partial charge in [0.15, 0.2) is 0 Å². The summed E-state index contributed by atoms with van der Waals surface area (Å²) in [6, 6.07) is 57.6. The molecular formula is C40H26. The first-order chi connectivity index (χ1) is 19.9. The number of benzene rings is 8. The minimum Gasteiger partial charge on any atom is -0.0616 e. The molecule has 0 aromatic heterocycles. The number of hydrogen-bond donors (Lipinski definition) is 0. The molecule has 0 radical (unpaired) electrons. The molecule has 8 aromatic carbocycles. The molecule has 0 atom stereocenters.